The Labute approximate surface area is 365 Å². The largest absolute Gasteiger partial charge is 0.472 e. The van der Waals surface area contributed by atoms with Crippen molar-refractivity contribution < 1.29 is 58.3 Å². The molecule has 1 rings (SSSR count). The van der Waals surface area contributed by atoms with Crippen LogP contribution in [-0.4, -0.2) is 98.9 Å². The Morgan fingerprint density at radius 1 is 0.467 bits per heavy atom. The molecule has 6 atom stereocenters. The number of phosphoric acid groups is 1. The van der Waals surface area contributed by atoms with Crippen LogP contribution in [0.1, 0.15) is 232 Å². The number of hydrogen-bond acceptors (Lipinski definition) is 11. The maximum atomic E-state index is 12.8. The van der Waals surface area contributed by atoms with E-state index in [2.05, 4.69) is 13.8 Å². The third kappa shape index (κ3) is 30.4. The molecule has 0 saturated heterocycles. The maximum absolute atomic E-state index is 12.8. The van der Waals surface area contributed by atoms with Gasteiger partial charge in [-0.2, -0.15) is 0 Å². The minimum absolute atomic E-state index is 0.0681. The fourth-order valence-corrected chi connectivity index (χ4v) is 8.98. The maximum Gasteiger partial charge on any atom is 0.472 e. The van der Waals surface area contributed by atoms with Crippen LogP contribution in [0.3, 0.4) is 0 Å². The van der Waals surface area contributed by atoms with Crippen LogP contribution in [0.25, 0.3) is 0 Å². The number of rotatable bonds is 43. The van der Waals surface area contributed by atoms with E-state index in [4.69, 9.17) is 18.5 Å². The van der Waals surface area contributed by atoms with Crippen LogP contribution in [0.4, 0.5) is 0 Å². The van der Waals surface area contributed by atoms with Gasteiger partial charge >= 0.3 is 13.8 Å². The van der Waals surface area contributed by atoms with Crippen LogP contribution in [0.5, 0.6) is 0 Å². The highest BCUT2D eigenvalue weighted by molar-refractivity contribution is 7.47. The van der Waals surface area contributed by atoms with Gasteiger partial charge in [-0.1, -0.05) is 213 Å². The number of ether oxygens (including phenoxy) is 2. The van der Waals surface area contributed by atoms with Crippen molar-refractivity contribution in [2.24, 2.45) is 0 Å². The number of carbonyl (C=O) groups is 1. The molecule has 0 aromatic rings. The number of carbonyl (C=O) groups excluding carboxylic acids is 1. The monoisotopic (exact) mass is 881 g/mol. The van der Waals surface area contributed by atoms with Gasteiger partial charge in [-0.3, -0.25) is 13.8 Å². The number of hydrogen-bond donors (Lipinski definition) is 6. The predicted octanol–water partition coefficient (Wildman–Crippen LogP) is 10.5. The third-order valence-corrected chi connectivity index (χ3v) is 13.0. The zero-order valence-corrected chi connectivity index (χ0v) is 39.2. The highest BCUT2D eigenvalue weighted by Gasteiger charge is 2.51. The van der Waals surface area contributed by atoms with Crippen molar-refractivity contribution in [3.63, 3.8) is 0 Å². The second kappa shape index (κ2) is 38.8. The van der Waals surface area contributed by atoms with Gasteiger partial charge in [0.15, 0.2) is 0 Å². The van der Waals surface area contributed by atoms with Crippen molar-refractivity contribution in [1.82, 2.24) is 0 Å². The van der Waals surface area contributed by atoms with Gasteiger partial charge in [0, 0.05) is 13.0 Å². The number of esters is 1. The molecule has 0 aromatic heterocycles. The van der Waals surface area contributed by atoms with E-state index in [1.54, 1.807) is 0 Å². The zero-order valence-electron chi connectivity index (χ0n) is 38.3. The molecule has 6 unspecified atom stereocenters. The molecule has 0 heterocycles. The fourth-order valence-electron chi connectivity index (χ4n) is 8.01. The first-order chi connectivity index (χ1) is 29.0. The summed E-state index contributed by atoms with van der Waals surface area (Å²) < 4.78 is 34.2. The highest BCUT2D eigenvalue weighted by Crippen LogP contribution is 2.47. The molecule has 1 saturated carbocycles. The van der Waals surface area contributed by atoms with Gasteiger partial charge in [-0.15, -0.1) is 0 Å². The molecular weight excluding hydrogens is 787 g/mol. The van der Waals surface area contributed by atoms with Crippen molar-refractivity contribution >= 4 is 13.8 Å². The Morgan fingerprint density at radius 2 is 0.783 bits per heavy atom. The molecule has 1 fully saturated rings. The average Bonchev–Trinajstić information content (AvgIpc) is 3.23. The second-order valence-corrected chi connectivity index (χ2v) is 19.1. The Morgan fingerprint density at radius 3 is 1.15 bits per heavy atom. The Kier molecular flexibility index (Phi) is 37.1. The summed E-state index contributed by atoms with van der Waals surface area (Å²) in [7, 11) is -5.01. The Balaban J connectivity index is 2.25. The van der Waals surface area contributed by atoms with Crippen molar-refractivity contribution in [2.75, 3.05) is 19.8 Å². The van der Waals surface area contributed by atoms with E-state index in [0.717, 1.165) is 38.5 Å². The minimum Gasteiger partial charge on any atom is -0.457 e. The van der Waals surface area contributed by atoms with E-state index in [0.29, 0.717) is 13.0 Å². The average molecular weight is 881 g/mol. The SMILES string of the molecule is CCCCCCCCCCCCCCCCCCCCCCCCCOCC(COP(=O)(O)OC1C(O)C(O)C(O)C(O)C1O)OC(=O)CCCCCCCCCCCC. The topological polar surface area (TPSA) is 192 Å². The van der Waals surface area contributed by atoms with Gasteiger partial charge in [-0.05, 0) is 12.8 Å². The summed E-state index contributed by atoms with van der Waals surface area (Å²) in [6.07, 6.45) is 29.1. The molecule has 0 aliphatic heterocycles. The highest BCUT2D eigenvalue weighted by atomic mass is 31.2. The van der Waals surface area contributed by atoms with Crippen LogP contribution in [-0.2, 0) is 27.9 Å². The van der Waals surface area contributed by atoms with Gasteiger partial charge in [0.2, 0.25) is 0 Å². The Hall–Kier alpha value is -0.660. The van der Waals surface area contributed by atoms with Crippen LogP contribution in [0, 0.1) is 0 Å². The molecule has 0 aromatic carbocycles. The van der Waals surface area contributed by atoms with Crippen molar-refractivity contribution in [2.45, 2.75) is 275 Å². The van der Waals surface area contributed by atoms with E-state index < -0.39 is 63.1 Å². The first-order valence-corrected chi connectivity index (χ1v) is 26.4. The summed E-state index contributed by atoms with van der Waals surface area (Å²) in [5, 5.41) is 50.2. The summed E-state index contributed by atoms with van der Waals surface area (Å²) >= 11 is 0. The van der Waals surface area contributed by atoms with Crippen LogP contribution in [0.15, 0.2) is 0 Å². The van der Waals surface area contributed by atoms with Crippen LogP contribution < -0.4 is 0 Å². The molecule has 0 bridgehead atoms. The molecule has 0 radical (unpaired) electrons. The lowest BCUT2D eigenvalue weighted by molar-refractivity contribution is -0.220. The number of unbranched alkanes of at least 4 members (excludes halogenated alkanes) is 31. The lowest BCUT2D eigenvalue weighted by Crippen LogP contribution is -2.64. The van der Waals surface area contributed by atoms with E-state index in [-0.39, 0.29) is 13.0 Å². The molecule has 358 valence electrons. The van der Waals surface area contributed by atoms with Crippen molar-refractivity contribution in [3.8, 4) is 0 Å². The van der Waals surface area contributed by atoms with Gasteiger partial charge in [-0.25, -0.2) is 4.57 Å². The van der Waals surface area contributed by atoms with Gasteiger partial charge in [0.1, 0.15) is 42.7 Å². The standard InChI is InChI=1S/C47H93O12P/c1-3-5-7-9-11-13-15-16-17-18-19-20-21-22-23-24-25-26-27-29-31-33-35-37-56-38-40(58-41(48)36-34-32-30-28-14-12-10-8-6-4-2)39-57-60(54,55)59-47-45(52)43(50)42(49)44(51)46(47)53/h40,42-47,49-53H,3-39H2,1-2H3,(H,54,55). The molecule has 6 N–H and O–H groups in total. The van der Waals surface area contributed by atoms with Crippen LogP contribution in [0.2, 0.25) is 0 Å². The molecular formula is C47H93O12P. The third-order valence-electron chi connectivity index (χ3n) is 12.0. The van der Waals surface area contributed by atoms with Crippen LogP contribution >= 0.6 is 7.82 Å². The van der Waals surface area contributed by atoms with E-state index in [1.165, 1.54) is 167 Å². The van der Waals surface area contributed by atoms with Gasteiger partial charge in [0.25, 0.3) is 0 Å². The normalized spacial score (nSPS) is 22.2. The summed E-state index contributed by atoms with van der Waals surface area (Å²) in [4.78, 5) is 23.1. The summed E-state index contributed by atoms with van der Waals surface area (Å²) in [5.74, 6) is -0.474. The summed E-state index contributed by atoms with van der Waals surface area (Å²) in [6.45, 7) is 4.28. The summed E-state index contributed by atoms with van der Waals surface area (Å²) in [6, 6.07) is 0. The van der Waals surface area contributed by atoms with Crippen molar-refractivity contribution in [3.05, 3.63) is 0 Å². The number of aliphatic hydroxyl groups is 5. The fraction of sp³-hybridized carbons (Fsp3) is 0.979. The van der Waals surface area contributed by atoms with E-state index >= 15 is 0 Å². The quantitative estimate of drug-likeness (QED) is 0.0193. The molecule has 1 aliphatic rings. The smallest absolute Gasteiger partial charge is 0.457 e. The van der Waals surface area contributed by atoms with E-state index in [9.17, 15) is 39.8 Å². The van der Waals surface area contributed by atoms with Gasteiger partial charge in [0.05, 0.1) is 13.2 Å². The molecule has 0 amide bonds. The first-order valence-electron chi connectivity index (χ1n) is 24.9. The molecule has 13 heteroatoms. The minimum atomic E-state index is -5.01. The van der Waals surface area contributed by atoms with E-state index in [1.807, 2.05) is 0 Å². The summed E-state index contributed by atoms with van der Waals surface area (Å²) in [5.41, 5.74) is 0. The molecule has 1 aliphatic carbocycles. The molecule has 0 spiro atoms. The van der Waals surface area contributed by atoms with Gasteiger partial charge < -0.3 is 39.9 Å². The first kappa shape index (κ1) is 57.4. The second-order valence-electron chi connectivity index (χ2n) is 17.7. The molecule has 60 heavy (non-hydrogen) atoms. The van der Waals surface area contributed by atoms with Crippen molar-refractivity contribution in [1.29, 1.82) is 0 Å². The molecule has 12 nitrogen and oxygen atoms in total. The predicted molar refractivity (Wildman–Crippen MR) is 240 cm³/mol. The Bertz CT molecular complexity index is 1000. The zero-order chi connectivity index (χ0) is 44.1. The number of aliphatic hydroxyl groups excluding tert-OH is 5. The lowest BCUT2D eigenvalue weighted by Gasteiger charge is -2.41. The lowest BCUT2D eigenvalue weighted by atomic mass is 9.85. The number of phosphoric ester groups is 1.